The van der Waals surface area contributed by atoms with Crippen LogP contribution < -0.4 is 10.6 Å². The van der Waals surface area contributed by atoms with Gasteiger partial charge in [-0.2, -0.15) is 0 Å². The minimum atomic E-state index is -0.320. The standard InChI is InChI=1S/C16H15FN2O/c17-13-3-1-2-11(8-13)9-16(20)19-14-4-5-15-12(10-14)6-7-18-15/h1-5,8,10,18H,6-7,9H2,(H,19,20). The molecule has 1 heterocycles. The summed E-state index contributed by atoms with van der Waals surface area (Å²) in [6.07, 6.45) is 1.15. The Morgan fingerprint density at radius 1 is 1.25 bits per heavy atom. The number of benzene rings is 2. The zero-order valence-electron chi connectivity index (χ0n) is 10.9. The predicted octanol–water partition coefficient (Wildman–Crippen LogP) is 2.97. The van der Waals surface area contributed by atoms with Crippen molar-refractivity contribution in [1.82, 2.24) is 0 Å². The first-order chi connectivity index (χ1) is 9.70. The normalized spacial score (nSPS) is 12.7. The van der Waals surface area contributed by atoms with E-state index in [2.05, 4.69) is 10.6 Å². The number of hydrogen-bond acceptors (Lipinski definition) is 2. The molecule has 0 bridgehead atoms. The molecule has 3 nitrogen and oxygen atoms in total. The third-order valence-electron chi connectivity index (χ3n) is 3.35. The van der Waals surface area contributed by atoms with Gasteiger partial charge in [0.1, 0.15) is 5.82 Å². The van der Waals surface area contributed by atoms with Gasteiger partial charge in [-0.15, -0.1) is 0 Å². The van der Waals surface area contributed by atoms with Crippen LogP contribution in [0.1, 0.15) is 11.1 Å². The van der Waals surface area contributed by atoms with E-state index in [0.717, 1.165) is 24.3 Å². The van der Waals surface area contributed by atoms with Crippen molar-refractivity contribution in [3.63, 3.8) is 0 Å². The molecule has 102 valence electrons. The van der Waals surface area contributed by atoms with Crippen LogP contribution in [0.15, 0.2) is 42.5 Å². The minimum absolute atomic E-state index is 0.137. The smallest absolute Gasteiger partial charge is 0.228 e. The van der Waals surface area contributed by atoms with E-state index in [1.807, 2.05) is 18.2 Å². The summed E-state index contributed by atoms with van der Waals surface area (Å²) in [5.74, 6) is -0.458. The van der Waals surface area contributed by atoms with Crippen molar-refractivity contribution in [2.24, 2.45) is 0 Å². The molecule has 0 atom stereocenters. The first kappa shape index (κ1) is 12.7. The van der Waals surface area contributed by atoms with Crippen LogP contribution in [0.2, 0.25) is 0 Å². The molecule has 2 N–H and O–H groups in total. The van der Waals surface area contributed by atoms with Crippen molar-refractivity contribution >= 4 is 17.3 Å². The Bertz CT molecular complexity index is 655. The van der Waals surface area contributed by atoms with Gasteiger partial charge in [-0.25, -0.2) is 4.39 Å². The number of hydrogen-bond donors (Lipinski definition) is 2. The maximum atomic E-state index is 13.1. The minimum Gasteiger partial charge on any atom is -0.384 e. The Labute approximate surface area is 116 Å². The van der Waals surface area contributed by atoms with E-state index in [9.17, 15) is 9.18 Å². The van der Waals surface area contributed by atoms with Gasteiger partial charge < -0.3 is 10.6 Å². The highest BCUT2D eigenvalue weighted by atomic mass is 19.1. The molecule has 0 saturated carbocycles. The van der Waals surface area contributed by atoms with Crippen molar-refractivity contribution in [3.8, 4) is 0 Å². The SMILES string of the molecule is O=C(Cc1cccc(F)c1)Nc1ccc2c(c1)CCN2. The van der Waals surface area contributed by atoms with Crippen LogP contribution in [0.3, 0.4) is 0 Å². The van der Waals surface area contributed by atoms with Gasteiger partial charge in [0.25, 0.3) is 0 Å². The van der Waals surface area contributed by atoms with Crippen molar-refractivity contribution in [3.05, 3.63) is 59.4 Å². The molecule has 0 fully saturated rings. The second-order valence-corrected chi connectivity index (χ2v) is 4.90. The van der Waals surface area contributed by atoms with Gasteiger partial charge in [0, 0.05) is 17.9 Å². The van der Waals surface area contributed by atoms with Gasteiger partial charge in [0.05, 0.1) is 6.42 Å². The lowest BCUT2D eigenvalue weighted by Crippen LogP contribution is -2.14. The lowest BCUT2D eigenvalue weighted by atomic mass is 10.1. The van der Waals surface area contributed by atoms with Crippen LogP contribution in [-0.4, -0.2) is 12.5 Å². The van der Waals surface area contributed by atoms with E-state index >= 15 is 0 Å². The molecule has 4 heteroatoms. The Kier molecular flexibility index (Phi) is 3.37. The Hall–Kier alpha value is -2.36. The van der Waals surface area contributed by atoms with Crippen molar-refractivity contribution in [2.45, 2.75) is 12.8 Å². The van der Waals surface area contributed by atoms with Gasteiger partial charge in [-0.05, 0) is 47.9 Å². The maximum absolute atomic E-state index is 13.1. The van der Waals surface area contributed by atoms with Gasteiger partial charge >= 0.3 is 0 Å². The Morgan fingerprint density at radius 2 is 2.15 bits per heavy atom. The number of nitrogens with one attached hydrogen (secondary N) is 2. The number of halogens is 1. The number of rotatable bonds is 3. The third-order valence-corrected chi connectivity index (χ3v) is 3.35. The molecule has 2 aromatic carbocycles. The van der Waals surface area contributed by atoms with E-state index in [1.165, 1.54) is 17.7 Å². The molecule has 0 spiro atoms. The van der Waals surface area contributed by atoms with Crippen LogP contribution in [0.5, 0.6) is 0 Å². The van der Waals surface area contributed by atoms with E-state index in [1.54, 1.807) is 12.1 Å². The summed E-state index contributed by atoms with van der Waals surface area (Å²) in [6, 6.07) is 11.9. The van der Waals surface area contributed by atoms with E-state index < -0.39 is 0 Å². The largest absolute Gasteiger partial charge is 0.384 e. The first-order valence-corrected chi connectivity index (χ1v) is 6.62. The number of carbonyl (C=O) groups is 1. The number of amides is 1. The molecule has 1 aliphatic heterocycles. The van der Waals surface area contributed by atoms with Gasteiger partial charge in [0.15, 0.2) is 0 Å². The zero-order valence-corrected chi connectivity index (χ0v) is 10.9. The summed E-state index contributed by atoms with van der Waals surface area (Å²) in [5.41, 5.74) is 3.81. The molecule has 0 radical (unpaired) electrons. The van der Waals surface area contributed by atoms with E-state index in [0.29, 0.717) is 5.56 Å². The highest BCUT2D eigenvalue weighted by molar-refractivity contribution is 5.92. The van der Waals surface area contributed by atoms with Gasteiger partial charge in [0.2, 0.25) is 5.91 Å². The second-order valence-electron chi connectivity index (χ2n) is 4.90. The van der Waals surface area contributed by atoms with Crippen LogP contribution in [-0.2, 0) is 17.6 Å². The van der Waals surface area contributed by atoms with Crippen LogP contribution >= 0.6 is 0 Å². The molecule has 0 saturated heterocycles. The molecule has 0 unspecified atom stereocenters. The van der Waals surface area contributed by atoms with Crippen molar-refractivity contribution in [2.75, 3.05) is 17.2 Å². The predicted molar refractivity (Wildman–Crippen MR) is 77.4 cm³/mol. The van der Waals surface area contributed by atoms with Crippen LogP contribution in [0.25, 0.3) is 0 Å². The summed E-state index contributed by atoms with van der Waals surface area (Å²) in [4.78, 5) is 11.9. The van der Waals surface area contributed by atoms with Crippen molar-refractivity contribution in [1.29, 1.82) is 0 Å². The fourth-order valence-corrected chi connectivity index (χ4v) is 2.42. The summed E-state index contributed by atoms with van der Waals surface area (Å²) >= 11 is 0. The molecule has 3 rings (SSSR count). The van der Waals surface area contributed by atoms with E-state index in [-0.39, 0.29) is 18.1 Å². The fourth-order valence-electron chi connectivity index (χ4n) is 2.42. The first-order valence-electron chi connectivity index (χ1n) is 6.62. The molecule has 20 heavy (non-hydrogen) atoms. The summed E-state index contributed by atoms with van der Waals surface area (Å²) in [6.45, 7) is 0.941. The Balaban J connectivity index is 1.67. The average molecular weight is 270 g/mol. The van der Waals surface area contributed by atoms with Crippen molar-refractivity contribution < 1.29 is 9.18 Å². The zero-order chi connectivity index (χ0) is 13.9. The van der Waals surface area contributed by atoms with E-state index in [4.69, 9.17) is 0 Å². The lowest BCUT2D eigenvalue weighted by Gasteiger charge is -2.07. The van der Waals surface area contributed by atoms with Crippen LogP contribution in [0.4, 0.5) is 15.8 Å². The molecular weight excluding hydrogens is 255 g/mol. The van der Waals surface area contributed by atoms with Gasteiger partial charge in [-0.1, -0.05) is 12.1 Å². The summed E-state index contributed by atoms with van der Waals surface area (Å²) < 4.78 is 13.1. The summed E-state index contributed by atoms with van der Waals surface area (Å²) in [7, 11) is 0. The maximum Gasteiger partial charge on any atom is 0.228 e. The number of anilines is 2. The second kappa shape index (κ2) is 5.33. The summed E-state index contributed by atoms with van der Waals surface area (Å²) in [5, 5.41) is 6.12. The monoisotopic (exact) mass is 270 g/mol. The molecule has 0 aliphatic carbocycles. The highest BCUT2D eigenvalue weighted by Gasteiger charge is 2.11. The highest BCUT2D eigenvalue weighted by Crippen LogP contribution is 2.25. The fraction of sp³-hybridized carbons (Fsp3) is 0.188. The number of fused-ring (bicyclic) bond motifs is 1. The molecule has 1 amide bonds. The quantitative estimate of drug-likeness (QED) is 0.900. The van der Waals surface area contributed by atoms with Crippen LogP contribution in [0, 0.1) is 5.82 Å². The topological polar surface area (TPSA) is 41.1 Å². The molecule has 1 aliphatic rings. The molecule has 2 aromatic rings. The average Bonchev–Trinajstić information content (AvgIpc) is 2.86. The molecule has 0 aromatic heterocycles. The molecular formula is C16H15FN2O. The Morgan fingerprint density at radius 3 is 3.00 bits per heavy atom. The lowest BCUT2D eigenvalue weighted by molar-refractivity contribution is -0.115. The van der Waals surface area contributed by atoms with Gasteiger partial charge in [-0.3, -0.25) is 4.79 Å². The number of carbonyl (C=O) groups excluding carboxylic acids is 1. The third kappa shape index (κ3) is 2.79.